The number of aromatic nitrogens is 2. The normalized spacial score (nSPS) is 20.8. The monoisotopic (exact) mass is 327 g/mol. The predicted octanol–water partition coefficient (Wildman–Crippen LogP) is 3.67. The van der Waals surface area contributed by atoms with E-state index >= 15 is 0 Å². The summed E-state index contributed by atoms with van der Waals surface area (Å²) in [6.45, 7) is 4.26. The molecule has 1 aromatic heterocycles. The van der Waals surface area contributed by atoms with Crippen LogP contribution < -0.4 is 5.32 Å². The van der Waals surface area contributed by atoms with Gasteiger partial charge < -0.3 is 9.84 Å². The molecule has 0 aliphatic heterocycles. The van der Waals surface area contributed by atoms with Gasteiger partial charge in [0.2, 0.25) is 17.6 Å². The summed E-state index contributed by atoms with van der Waals surface area (Å²) in [6.07, 6.45) is 5.64. The van der Waals surface area contributed by atoms with E-state index in [2.05, 4.69) is 22.4 Å². The Balaban J connectivity index is 1.51. The first-order valence-electron chi connectivity index (χ1n) is 8.81. The van der Waals surface area contributed by atoms with Gasteiger partial charge in [-0.1, -0.05) is 54.8 Å². The van der Waals surface area contributed by atoms with Crippen LogP contribution in [0.25, 0.3) is 11.4 Å². The Kier molecular flexibility index (Phi) is 5.28. The third-order valence-corrected chi connectivity index (χ3v) is 4.80. The molecule has 2 atom stereocenters. The SMILES string of the molecule is Cc1ccc(-c2noc(CCC(=O)NC3CCCCC3C)n2)cc1. The second kappa shape index (κ2) is 7.60. The zero-order chi connectivity index (χ0) is 16.9. The van der Waals surface area contributed by atoms with Crippen molar-refractivity contribution in [1.82, 2.24) is 15.5 Å². The number of benzene rings is 1. The molecule has 24 heavy (non-hydrogen) atoms. The third-order valence-electron chi connectivity index (χ3n) is 4.80. The van der Waals surface area contributed by atoms with Gasteiger partial charge in [0.1, 0.15) is 0 Å². The summed E-state index contributed by atoms with van der Waals surface area (Å²) in [5, 5.41) is 7.16. The second-order valence-electron chi connectivity index (χ2n) is 6.81. The fourth-order valence-corrected chi connectivity index (χ4v) is 3.21. The summed E-state index contributed by atoms with van der Waals surface area (Å²) in [4.78, 5) is 16.5. The van der Waals surface area contributed by atoms with Crippen molar-refractivity contribution < 1.29 is 9.32 Å². The van der Waals surface area contributed by atoms with Gasteiger partial charge >= 0.3 is 0 Å². The molecule has 0 saturated heterocycles. The molecule has 1 N–H and O–H groups in total. The molecule has 1 aliphatic rings. The van der Waals surface area contributed by atoms with Crippen molar-refractivity contribution >= 4 is 5.91 Å². The van der Waals surface area contributed by atoms with E-state index in [1.807, 2.05) is 31.2 Å². The van der Waals surface area contributed by atoms with Crippen LogP contribution >= 0.6 is 0 Å². The van der Waals surface area contributed by atoms with Crippen LogP contribution in [0.2, 0.25) is 0 Å². The Hall–Kier alpha value is -2.17. The van der Waals surface area contributed by atoms with Crippen molar-refractivity contribution in [2.45, 2.75) is 58.4 Å². The van der Waals surface area contributed by atoms with E-state index in [-0.39, 0.29) is 5.91 Å². The van der Waals surface area contributed by atoms with Gasteiger partial charge in [0.05, 0.1) is 0 Å². The highest BCUT2D eigenvalue weighted by molar-refractivity contribution is 5.76. The van der Waals surface area contributed by atoms with Crippen molar-refractivity contribution in [1.29, 1.82) is 0 Å². The largest absolute Gasteiger partial charge is 0.353 e. The maximum atomic E-state index is 12.1. The van der Waals surface area contributed by atoms with E-state index in [1.165, 1.54) is 24.8 Å². The number of amides is 1. The van der Waals surface area contributed by atoms with E-state index in [0.29, 0.717) is 36.5 Å². The van der Waals surface area contributed by atoms with Gasteiger partial charge in [-0.15, -0.1) is 0 Å². The molecule has 128 valence electrons. The highest BCUT2D eigenvalue weighted by Crippen LogP contribution is 2.23. The lowest BCUT2D eigenvalue weighted by molar-refractivity contribution is -0.122. The summed E-state index contributed by atoms with van der Waals surface area (Å²) in [5.74, 6) is 1.73. The molecule has 5 nitrogen and oxygen atoms in total. The molecule has 0 radical (unpaired) electrons. The summed E-state index contributed by atoms with van der Waals surface area (Å²) in [5.41, 5.74) is 2.12. The molecule has 1 saturated carbocycles. The molecule has 5 heteroatoms. The summed E-state index contributed by atoms with van der Waals surface area (Å²) < 4.78 is 5.27. The van der Waals surface area contributed by atoms with E-state index in [9.17, 15) is 4.79 Å². The topological polar surface area (TPSA) is 68.0 Å². The number of nitrogens with zero attached hydrogens (tertiary/aromatic N) is 2. The minimum absolute atomic E-state index is 0.0730. The standard InChI is InChI=1S/C19H25N3O2/c1-13-7-9-15(10-8-13)19-21-18(24-22-19)12-11-17(23)20-16-6-4-3-5-14(16)2/h7-10,14,16H,3-6,11-12H2,1-2H3,(H,20,23). The number of hydrogen-bond donors (Lipinski definition) is 1. The number of nitrogens with one attached hydrogen (secondary N) is 1. The fourth-order valence-electron chi connectivity index (χ4n) is 3.21. The maximum absolute atomic E-state index is 12.1. The lowest BCUT2D eigenvalue weighted by atomic mass is 9.86. The average molecular weight is 327 g/mol. The van der Waals surface area contributed by atoms with Crippen LogP contribution in [0.15, 0.2) is 28.8 Å². The third kappa shape index (κ3) is 4.22. The molecule has 0 bridgehead atoms. The summed E-state index contributed by atoms with van der Waals surface area (Å²) >= 11 is 0. The van der Waals surface area contributed by atoms with Gasteiger partial charge in [-0.2, -0.15) is 4.98 Å². The predicted molar refractivity (Wildman–Crippen MR) is 92.4 cm³/mol. The van der Waals surface area contributed by atoms with Crippen LogP contribution in [0.4, 0.5) is 0 Å². The van der Waals surface area contributed by atoms with Gasteiger partial charge in [-0.3, -0.25) is 4.79 Å². The van der Waals surface area contributed by atoms with Crippen LogP contribution in [-0.2, 0) is 11.2 Å². The van der Waals surface area contributed by atoms with Gasteiger partial charge in [-0.05, 0) is 25.7 Å². The van der Waals surface area contributed by atoms with Gasteiger partial charge in [-0.25, -0.2) is 0 Å². The average Bonchev–Trinajstić information content (AvgIpc) is 3.05. The first-order valence-corrected chi connectivity index (χ1v) is 8.81. The second-order valence-corrected chi connectivity index (χ2v) is 6.81. The van der Waals surface area contributed by atoms with Crippen LogP contribution in [0.5, 0.6) is 0 Å². The van der Waals surface area contributed by atoms with Gasteiger partial charge in [0.15, 0.2) is 0 Å². The molecule has 2 aromatic rings. The Labute approximate surface area is 142 Å². The molecule has 3 rings (SSSR count). The zero-order valence-corrected chi connectivity index (χ0v) is 14.4. The van der Waals surface area contributed by atoms with Crippen LogP contribution in [0.1, 0.15) is 50.5 Å². The van der Waals surface area contributed by atoms with Crippen LogP contribution in [0, 0.1) is 12.8 Å². The number of hydrogen-bond acceptors (Lipinski definition) is 4. The molecule has 1 aliphatic carbocycles. The smallest absolute Gasteiger partial charge is 0.227 e. The Bertz CT molecular complexity index is 678. The van der Waals surface area contributed by atoms with E-state index in [0.717, 1.165) is 12.0 Å². The summed E-state index contributed by atoms with van der Waals surface area (Å²) in [6, 6.07) is 8.30. The fraction of sp³-hybridized carbons (Fsp3) is 0.526. The van der Waals surface area contributed by atoms with Crippen molar-refractivity contribution in [2.75, 3.05) is 0 Å². The first kappa shape index (κ1) is 16.7. The molecule has 0 spiro atoms. The highest BCUT2D eigenvalue weighted by atomic mass is 16.5. The van der Waals surface area contributed by atoms with Crippen molar-refractivity contribution in [3.8, 4) is 11.4 Å². The lowest BCUT2D eigenvalue weighted by Gasteiger charge is -2.29. The first-order chi connectivity index (χ1) is 11.6. The number of rotatable bonds is 5. The minimum Gasteiger partial charge on any atom is -0.353 e. The Morgan fingerprint density at radius 2 is 2.00 bits per heavy atom. The van der Waals surface area contributed by atoms with E-state index in [4.69, 9.17) is 4.52 Å². The number of aryl methyl sites for hydroxylation is 2. The van der Waals surface area contributed by atoms with E-state index < -0.39 is 0 Å². The Morgan fingerprint density at radius 1 is 1.25 bits per heavy atom. The van der Waals surface area contributed by atoms with Crippen molar-refractivity contribution in [2.24, 2.45) is 5.92 Å². The van der Waals surface area contributed by atoms with Crippen LogP contribution in [0.3, 0.4) is 0 Å². The van der Waals surface area contributed by atoms with Crippen molar-refractivity contribution in [3.63, 3.8) is 0 Å². The molecule has 1 fully saturated rings. The number of carbonyl (C=O) groups is 1. The van der Waals surface area contributed by atoms with Gasteiger partial charge in [0.25, 0.3) is 0 Å². The van der Waals surface area contributed by atoms with E-state index in [1.54, 1.807) is 0 Å². The molecule has 1 heterocycles. The molecular formula is C19H25N3O2. The quantitative estimate of drug-likeness (QED) is 0.910. The van der Waals surface area contributed by atoms with Crippen molar-refractivity contribution in [3.05, 3.63) is 35.7 Å². The van der Waals surface area contributed by atoms with Crippen LogP contribution in [-0.4, -0.2) is 22.1 Å². The minimum atomic E-state index is 0.0730. The molecular weight excluding hydrogens is 302 g/mol. The Morgan fingerprint density at radius 3 is 2.75 bits per heavy atom. The maximum Gasteiger partial charge on any atom is 0.227 e. The molecule has 1 aromatic carbocycles. The summed E-state index contributed by atoms with van der Waals surface area (Å²) in [7, 11) is 0. The molecule has 1 amide bonds. The molecule has 2 unspecified atom stereocenters. The lowest BCUT2D eigenvalue weighted by Crippen LogP contribution is -2.41. The highest BCUT2D eigenvalue weighted by Gasteiger charge is 2.22. The van der Waals surface area contributed by atoms with Gasteiger partial charge in [0, 0.05) is 24.4 Å². The number of carbonyl (C=O) groups excluding carboxylic acids is 1. The zero-order valence-electron chi connectivity index (χ0n) is 14.4.